The van der Waals surface area contributed by atoms with Crippen molar-refractivity contribution in [3.8, 4) is 17.0 Å². The summed E-state index contributed by atoms with van der Waals surface area (Å²) in [6, 6.07) is 17.2. The summed E-state index contributed by atoms with van der Waals surface area (Å²) in [6.07, 6.45) is 3.12. The molecule has 7 nitrogen and oxygen atoms in total. The van der Waals surface area contributed by atoms with Gasteiger partial charge in [-0.15, -0.1) is 0 Å². The number of imidazole rings is 1. The number of carbonyl (C=O) groups is 1. The number of benzene rings is 3. The molecule has 0 saturated carbocycles. The number of nitrogens with one attached hydrogen (secondary N) is 2. The van der Waals surface area contributed by atoms with Crippen LogP contribution in [0.25, 0.3) is 11.3 Å². The molecule has 0 aliphatic heterocycles. The highest BCUT2D eigenvalue weighted by Crippen LogP contribution is 2.23. The van der Waals surface area contributed by atoms with Crippen LogP contribution in [0.3, 0.4) is 0 Å². The van der Waals surface area contributed by atoms with E-state index in [0.29, 0.717) is 38.3 Å². The Labute approximate surface area is 204 Å². The van der Waals surface area contributed by atoms with Gasteiger partial charge in [-0.2, -0.15) is 5.10 Å². The molecule has 4 rings (SSSR count). The fourth-order valence-electron chi connectivity index (χ4n) is 3.00. The van der Waals surface area contributed by atoms with Gasteiger partial charge in [-0.3, -0.25) is 5.32 Å². The normalized spacial score (nSPS) is 10.9. The number of methoxy groups -OCH3 is 1. The Kier molecular flexibility index (Phi) is 7.10. The van der Waals surface area contributed by atoms with Gasteiger partial charge in [-0.05, 0) is 48.5 Å². The van der Waals surface area contributed by atoms with E-state index in [2.05, 4.69) is 20.7 Å². The van der Waals surface area contributed by atoms with Crippen molar-refractivity contribution in [2.75, 3.05) is 17.7 Å². The molecule has 10 heteroatoms. The molecule has 4 aromatic rings. The van der Waals surface area contributed by atoms with Crippen molar-refractivity contribution in [1.82, 2.24) is 9.66 Å². The zero-order valence-corrected chi connectivity index (χ0v) is 19.3. The third-order valence-electron chi connectivity index (χ3n) is 4.66. The first kappa shape index (κ1) is 23.3. The first-order valence-electron chi connectivity index (χ1n) is 9.98. The van der Waals surface area contributed by atoms with Gasteiger partial charge in [0.1, 0.15) is 11.6 Å². The van der Waals surface area contributed by atoms with Crippen LogP contribution < -0.4 is 15.4 Å². The largest absolute Gasteiger partial charge is 0.497 e. The number of halogens is 3. The smallest absolute Gasteiger partial charge is 0.326 e. The molecule has 1 aromatic heterocycles. The van der Waals surface area contributed by atoms with E-state index in [0.717, 1.165) is 0 Å². The number of urea groups is 1. The van der Waals surface area contributed by atoms with E-state index in [1.807, 2.05) is 0 Å². The van der Waals surface area contributed by atoms with Crippen molar-refractivity contribution >= 4 is 47.1 Å². The lowest BCUT2D eigenvalue weighted by atomic mass is 10.2. The van der Waals surface area contributed by atoms with E-state index < -0.39 is 6.03 Å². The van der Waals surface area contributed by atoms with Crippen LogP contribution in [-0.4, -0.2) is 29.0 Å². The molecule has 0 bridgehead atoms. The molecule has 0 fully saturated rings. The third-order valence-corrected chi connectivity index (χ3v) is 5.23. The molecule has 2 amide bonds. The molecule has 0 saturated heterocycles. The molecule has 0 spiro atoms. The Balaban J connectivity index is 1.62. The molecule has 172 valence electrons. The van der Waals surface area contributed by atoms with Gasteiger partial charge in [0.05, 0.1) is 30.2 Å². The average Bonchev–Trinajstić information content (AvgIpc) is 3.21. The highest BCUT2D eigenvalue weighted by Gasteiger charge is 2.13. The van der Waals surface area contributed by atoms with Crippen LogP contribution >= 0.6 is 23.2 Å². The lowest BCUT2D eigenvalue weighted by Gasteiger charge is -2.08. The Morgan fingerprint density at radius 1 is 1.09 bits per heavy atom. The van der Waals surface area contributed by atoms with Crippen LogP contribution in [-0.2, 0) is 0 Å². The van der Waals surface area contributed by atoms with Crippen molar-refractivity contribution in [2.45, 2.75) is 0 Å². The zero-order valence-electron chi connectivity index (χ0n) is 17.8. The maximum Gasteiger partial charge on any atom is 0.326 e. The molecule has 3 aromatic carbocycles. The minimum Gasteiger partial charge on any atom is -0.497 e. The number of ether oxygens (including phenoxy) is 1. The number of rotatable bonds is 6. The van der Waals surface area contributed by atoms with Crippen LogP contribution in [0.15, 0.2) is 78.0 Å². The molecule has 0 unspecified atom stereocenters. The Morgan fingerprint density at radius 3 is 2.62 bits per heavy atom. The number of hydrogen-bond acceptors (Lipinski definition) is 4. The molecule has 2 N–H and O–H groups in total. The second-order valence-corrected chi connectivity index (χ2v) is 7.87. The third kappa shape index (κ3) is 5.72. The molecule has 0 atom stereocenters. The van der Waals surface area contributed by atoms with Gasteiger partial charge < -0.3 is 10.1 Å². The van der Waals surface area contributed by atoms with Crippen LogP contribution in [0.2, 0.25) is 10.0 Å². The van der Waals surface area contributed by atoms with Crippen molar-refractivity contribution in [2.24, 2.45) is 5.10 Å². The SMILES string of the molecule is COc1cccc(NC(=O)Nc2nc(-c3ccc(F)cc3)cn2/N=C\c2ccc(Cl)cc2Cl)c1. The lowest BCUT2D eigenvalue weighted by molar-refractivity contribution is 0.262. The summed E-state index contributed by atoms with van der Waals surface area (Å²) in [5.74, 6) is 0.373. The highest BCUT2D eigenvalue weighted by atomic mass is 35.5. The van der Waals surface area contributed by atoms with Gasteiger partial charge in [0.15, 0.2) is 0 Å². The second kappa shape index (κ2) is 10.4. The fraction of sp³-hybridized carbons (Fsp3) is 0.0417. The summed E-state index contributed by atoms with van der Waals surface area (Å²) in [7, 11) is 1.54. The van der Waals surface area contributed by atoms with Crippen molar-refractivity contribution in [1.29, 1.82) is 0 Å². The molecule has 34 heavy (non-hydrogen) atoms. The van der Waals surface area contributed by atoms with Crippen LogP contribution in [0.4, 0.5) is 20.8 Å². The summed E-state index contributed by atoms with van der Waals surface area (Å²) in [5.41, 5.74) is 2.28. The highest BCUT2D eigenvalue weighted by molar-refractivity contribution is 6.36. The summed E-state index contributed by atoms with van der Waals surface area (Å²) >= 11 is 12.2. The van der Waals surface area contributed by atoms with E-state index in [-0.39, 0.29) is 11.8 Å². The minimum absolute atomic E-state index is 0.140. The topological polar surface area (TPSA) is 80.5 Å². The molecular weight excluding hydrogens is 480 g/mol. The molecule has 0 radical (unpaired) electrons. The molecular formula is C24H18Cl2FN5O2. The van der Waals surface area contributed by atoms with Crippen molar-refractivity contribution in [3.63, 3.8) is 0 Å². The summed E-state index contributed by atoms with van der Waals surface area (Å²) in [4.78, 5) is 17.1. The van der Waals surface area contributed by atoms with E-state index in [4.69, 9.17) is 27.9 Å². The molecule has 1 heterocycles. The first-order valence-corrected chi connectivity index (χ1v) is 10.7. The predicted molar refractivity (Wildman–Crippen MR) is 133 cm³/mol. The van der Waals surface area contributed by atoms with E-state index in [1.54, 1.807) is 60.8 Å². The summed E-state index contributed by atoms with van der Waals surface area (Å²) in [6.45, 7) is 0. The van der Waals surface area contributed by atoms with Gasteiger partial charge in [-0.1, -0.05) is 35.3 Å². The van der Waals surface area contributed by atoms with E-state index >= 15 is 0 Å². The van der Waals surface area contributed by atoms with Crippen LogP contribution in [0.5, 0.6) is 5.75 Å². The Hall–Kier alpha value is -3.88. The molecule has 0 aliphatic rings. The fourth-order valence-corrected chi connectivity index (χ4v) is 3.46. The minimum atomic E-state index is -0.537. The predicted octanol–water partition coefficient (Wildman–Crippen LogP) is 6.53. The maximum atomic E-state index is 13.3. The van der Waals surface area contributed by atoms with Crippen molar-refractivity contribution in [3.05, 3.63) is 94.4 Å². The van der Waals surface area contributed by atoms with Crippen molar-refractivity contribution < 1.29 is 13.9 Å². The van der Waals surface area contributed by atoms with E-state index in [9.17, 15) is 9.18 Å². The Bertz CT molecular complexity index is 1360. The standard InChI is InChI=1S/C24H18Cl2FN5O2/c1-34-20-4-2-3-19(12-20)29-24(33)31-23-30-22(15-6-9-18(27)10-7-15)14-32(23)28-13-16-5-8-17(25)11-21(16)26/h2-14H,1H3,(H2,29,30,31,33)/b28-13-. The first-order chi connectivity index (χ1) is 16.4. The van der Waals surface area contributed by atoms with Gasteiger partial charge in [0.25, 0.3) is 0 Å². The maximum absolute atomic E-state index is 13.3. The average molecular weight is 498 g/mol. The number of carbonyl (C=O) groups excluding carboxylic acids is 1. The number of nitrogens with zero attached hydrogens (tertiary/aromatic N) is 3. The summed E-state index contributed by atoms with van der Waals surface area (Å²) < 4.78 is 19.9. The number of amides is 2. The summed E-state index contributed by atoms with van der Waals surface area (Å²) in [5, 5.41) is 10.7. The van der Waals surface area contributed by atoms with E-state index in [1.165, 1.54) is 30.1 Å². The number of anilines is 2. The molecule has 0 aliphatic carbocycles. The van der Waals surface area contributed by atoms with Gasteiger partial charge in [-0.25, -0.2) is 18.8 Å². The lowest BCUT2D eigenvalue weighted by Crippen LogP contribution is -2.21. The number of hydrogen-bond donors (Lipinski definition) is 2. The monoisotopic (exact) mass is 497 g/mol. The Morgan fingerprint density at radius 2 is 1.88 bits per heavy atom. The van der Waals surface area contributed by atoms with Gasteiger partial charge in [0.2, 0.25) is 5.95 Å². The number of aromatic nitrogens is 2. The van der Waals surface area contributed by atoms with Gasteiger partial charge >= 0.3 is 6.03 Å². The van der Waals surface area contributed by atoms with Crippen LogP contribution in [0, 0.1) is 5.82 Å². The zero-order chi connectivity index (χ0) is 24.1. The second-order valence-electron chi connectivity index (χ2n) is 7.02. The van der Waals surface area contributed by atoms with Crippen LogP contribution in [0.1, 0.15) is 5.56 Å². The quantitative estimate of drug-likeness (QED) is 0.297. The van der Waals surface area contributed by atoms with Gasteiger partial charge in [0, 0.05) is 27.9 Å².